The zero-order chi connectivity index (χ0) is 28.3. The molecule has 38 heavy (non-hydrogen) atoms. The lowest BCUT2D eigenvalue weighted by atomic mass is 10.3. The first-order valence-corrected chi connectivity index (χ1v) is 12.3. The lowest BCUT2D eigenvalue weighted by Crippen LogP contribution is -2.37. The Bertz CT molecular complexity index is 1350. The summed E-state index contributed by atoms with van der Waals surface area (Å²) >= 11 is 0.772. The van der Waals surface area contributed by atoms with Crippen molar-refractivity contribution in [3.05, 3.63) is 37.7 Å². The van der Waals surface area contributed by atoms with Crippen molar-refractivity contribution in [2.75, 3.05) is 50.5 Å². The molecule has 0 bridgehead atoms. The monoisotopic (exact) mass is 555 g/mol. The maximum Gasteiger partial charge on any atom is 0.405 e. The Morgan fingerprint density at radius 3 is 2.61 bits per heavy atom. The number of pyridine rings is 1. The van der Waals surface area contributed by atoms with Crippen LogP contribution in [0.5, 0.6) is 0 Å². The van der Waals surface area contributed by atoms with Crippen LogP contribution in [0.15, 0.2) is 23.0 Å². The van der Waals surface area contributed by atoms with Crippen molar-refractivity contribution in [2.24, 2.45) is 0 Å². The molecule has 0 aromatic carbocycles. The van der Waals surface area contributed by atoms with Gasteiger partial charge in [0.2, 0.25) is 5.91 Å². The smallest absolute Gasteiger partial charge is 0.383 e. The number of carbonyl (C=O) groups excluding carboxylic acids is 2. The van der Waals surface area contributed by atoms with Crippen molar-refractivity contribution in [3.8, 4) is 6.07 Å². The first kappa shape index (κ1) is 30.5. The Labute approximate surface area is 220 Å². The molecule has 2 amide bonds. The summed E-state index contributed by atoms with van der Waals surface area (Å²) in [6.07, 6.45) is -3.35. The van der Waals surface area contributed by atoms with E-state index in [4.69, 9.17) is 4.74 Å². The summed E-state index contributed by atoms with van der Waals surface area (Å²) < 4.78 is 43.6. The number of aromatic nitrogens is 2. The number of halogens is 3. The molecule has 0 aliphatic heterocycles. The zero-order valence-corrected chi connectivity index (χ0v) is 21.8. The number of nitriles is 1. The van der Waals surface area contributed by atoms with Crippen LogP contribution in [0.25, 0.3) is 11.8 Å². The summed E-state index contributed by atoms with van der Waals surface area (Å²) in [5.41, 5.74) is -1.15. The number of ether oxygens (including phenoxy) is 1. The number of hydrogen-bond donors (Lipinski definition) is 3. The van der Waals surface area contributed by atoms with Crippen LogP contribution in [0, 0.1) is 11.3 Å². The average molecular weight is 556 g/mol. The van der Waals surface area contributed by atoms with Gasteiger partial charge in [-0.25, -0.2) is 4.98 Å². The predicted molar refractivity (Wildman–Crippen MR) is 137 cm³/mol. The second-order valence-electron chi connectivity index (χ2n) is 7.71. The quantitative estimate of drug-likeness (QED) is 0.343. The fourth-order valence-corrected chi connectivity index (χ4v) is 4.22. The molecule has 2 heterocycles. The highest BCUT2D eigenvalue weighted by molar-refractivity contribution is 7.07. The van der Waals surface area contributed by atoms with E-state index < -0.39 is 29.8 Å². The second kappa shape index (κ2) is 14.3. The fraction of sp³-hybridized carbons (Fsp3) is 0.435. The topological polar surface area (TPSA) is 141 Å². The number of carbonyl (C=O) groups is 2. The van der Waals surface area contributed by atoms with Gasteiger partial charge in [-0.3, -0.25) is 23.9 Å². The van der Waals surface area contributed by atoms with Gasteiger partial charge in [0.25, 0.3) is 11.5 Å². The van der Waals surface area contributed by atoms with Crippen LogP contribution in [0.1, 0.15) is 13.8 Å². The standard InChI is InChI=1S/C23H28F3N7O4S/c1-4-32(9-10-37-3)13-19(34)31-18-8-6-7-17(30-18)28-12-16-21(36)33(5-2)22(38-16)15(11-27)20(35)29-14-23(24,25)26/h6-8,12H,4-5,9-10,13-14H2,1-3H3,(H,29,35)(H2,28,30,31,34)/b16-12+,22-15-. The SMILES string of the molecule is CCN(CCOC)CC(=O)Nc1cccc(N/C=c2/s/c(=C(/C#N)C(=O)NCC(F)(F)F)n(CC)c2=O)n1. The first-order valence-electron chi connectivity index (χ1n) is 11.5. The van der Waals surface area contributed by atoms with Crippen molar-refractivity contribution in [3.63, 3.8) is 0 Å². The number of nitrogens with zero attached hydrogens (tertiary/aromatic N) is 4. The third-order valence-corrected chi connectivity index (χ3v) is 6.15. The number of rotatable bonds is 12. The molecule has 11 nitrogen and oxygen atoms in total. The highest BCUT2D eigenvalue weighted by atomic mass is 32.1. The third kappa shape index (κ3) is 8.98. The number of hydrogen-bond acceptors (Lipinski definition) is 9. The summed E-state index contributed by atoms with van der Waals surface area (Å²) in [7, 11) is 1.58. The van der Waals surface area contributed by atoms with E-state index in [1.165, 1.54) is 6.20 Å². The predicted octanol–water partition coefficient (Wildman–Crippen LogP) is 0.434. The van der Waals surface area contributed by atoms with Gasteiger partial charge in [-0.15, -0.1) is 11.3 Å². The summed E-state index contributed by atoms with van der Waals surface area (Å²) in [5, 5.41) is 16.6. The second-order valence-corrected chi connectivity index (χ2v) is 8.74. The van der Waals surface area contributed by atoms with Crippen molar-refractivity contribution < 1.29 is 27.5 Å². The summed E-state index contributed by atoms with van der Waals surface area (Å²) in [6, 6.07) is 6.41. The van der Waals surface area contributed by atoms with Crippen molar-refractivity contribution in [1.29, 1.82) is 5.26 Å². The molecule has 3 N–H and O–H groups in total. The molecule has 0 unspecified atom stereocenters. The fourth-order valence-electron chi connectivity index (χ4n) is 3.14. The minimum atomic E-state index is -4.65. The number of methoxy groups -OCH3 is 1. The van der Waals surface area contributed by atoms with Gasteiger partial charge in [0.15, 0.2) is 5.57 Å². The molecule has 2 rings (SSSR count). The Kier molecular flexibility index (Phi) is 11.4. The summed E-state index contributed by atoms with van der Waals surface area (Å²) in [6.45, 7) is 3.89. The van der Waals surface area contributed by atoms with Gasteiger partial charge in [0.1, 0.15) is 33.4 Å². The van der Waals surface area contributed by atoms with Crippen LogP contribution in [0.2, 0.25) is 0 Å². The van der Waals surface area contributed by atoms with Gasteiger partial charge < -0.3 is 20.7 Å². The minimum absolute atomic E-state index is 0.0735. The molecule has 2 aromatic heterocycles. The number of nitrogens with one attached hydrogen (secondary N) is 3. The third-order valence-electron chi connectivity index (χ3n) is 5.02. The molecule has 206 valence electrons. The van der Waals surface area contributed by atoms with Gasteiger partial charge in [-0.1, -0.05) is 13.0 Å². The molecule has 2 aromatic rings. The number of amides is 2. The lowest BCUT2D eigenvalue weighted by Gasteiger charge is -2.19. The number of likely N-dealkylation sites (N-methyl/N-ethyl adjacent to an activating group) is 1. The van der Waals surface area contributed by atoms with Gasteiger partial charge in [0.05, 0.1) is 13.2 Å². The first-order chi connectivity index (χ1) is 18.0. The van der Waals surface area contributed by atoms with Crippen molar-refractivity contribution in [1.82, 2.24) is 19.8 Å². The minimum Gasteiger partial charge on any atom is -0.383 e. The molecular formula is C23H28F3N7O4S. The lowest BCUT2D eigenvalue weighted by molar-refractivity contribution is -0.135. The highest BCUT2D eigenvalue weighted by Crippen LogP contribution is 2.12. The van der Waals surface area contributed by atoms with E-state index in [-0.39, 0.29) is 34.0 Å². The van der Waals surface area contributed by atoms with E-state index in [1.54, 1.807) is 43.6 Å². The molecule has 0 spiro atoms. The van der Waals surface area contributed by atoms with E-state index in [0.717, 1.165) is 15.9 Å². The van der Waals surface area contributed by atoms with Gasteiger partial charge >= 0.3 is 6.18 Å². The number of thiazole rings is 1. The number of anilines is 2. The van der Waals surface area contributed by atoms with Crippen molar-refractivity contribution in [2.45, 2.75) is 26.6 Å². The van der Waals surface area contributed by atoms with E-state index in [0.29, 0.717) is 25.5 Å². The molecule has 0 radical (unpaired) electrons. The van der Waals surface area contributed by atoms with Crippen LogP contribution in [0.4, 0.5) is 24.8 Å². The molecule has 0 atom stereocenters. The van der Waals surface area contributed by atoms with Gasteiger partial charge in [-0.2, -0.15) is 18.4 Å². The van der Waals surface area contributed by atoms with Crippen LogP contribution in [0.3, 0.4) is 0 Å². The maximum atomic E-state index is 12.8. The Morgan fingerprint density at radius 2 is 2.00 bits per heavy atom. The average Bonchev–Trinajstić information content (AvgIpc) is 3.18. The molecule has 0 fully saturated rings. The zero-order valence-electron chi connectivity index (χ0n) is 21.0. The largest absolute Gasteiger partial charge is 0.405 e. The Hall–Kier alpha value is -3.74. The normalized spacial score (nSPS) is 12.7. The molecular weight excluding hydrogens is 527 g/mol. The van der Waals surface area contributed by atoms with Crippen LogP contribution < -0.4 is 30.7 Å². The Balaban J connectivity index is 2.27. The number of alkyl halides is 3. The van der Waals surface area contributed by atoms with Crippen LogP contribution >= 0.6 is 11.3 Å². The van der Waals surface area contributed by atoms with Crippen molar-refractivity contribution >= 4 is 46.6 Å². The molecule has 0 saturated heterocycles. The van der Waals surface area contributed by atoms with Gasteiger partial charge in [-0.05, 0) is 25.6 Å². The van der Waals surface area contributed by atoms with E-state index >= 15 is 0 Å². The highest BCUT2D eigenvalue weighted by Gasteiger charge is 2.28. The Morgan fingerprint density at radius 1 is 1.29 bits per heavy atom. The molecule has 0 saturated carbocycles. The molecule has 0 aliphatic rings. The van der Waals surface area contributed by atoms with E-state index in [9.17, 15) is 32.8 Å². The summed E-state index contributed by atoms with van der Waals surface area (Å²) in [5.74, 6) is -0.940. The molecule has 0 aliphatic carbocycles. The van der Waals surface area contributed by atoms with E-state index in [2.05, 4.69) is 15.6 Å². The van der Waals surface area contributed by atoms with Crippen LogP contribution in [-0.2, 0) is 20.9 Å². The molecule has 15 heteroatoms. The van der Waals surface area contributed by atoms with E-state index in [1.807, 2.05) is 11.8 Å². The van der Waals surface area contributed by atoms with Crippen LogP contribution in [-0.4, -0.2) is 72.3 Å². The maximum absolute atomic E-state index is 12.8. The van der Waals surface area contributed by atoms with Gasteiger partial charge in [0, 0.05) is 26.4 Å². The summed E-state index contributed by atoms with van der Waals surface area (Å²) in [4.78, 5) is 43.5.